The zero-order chi connectivity index (χ0) is 8.43. The largest absolute Gasteiger partial charge is 0.395 e. The molecule has 0 bridgehead atoms. The Kier molecular flexibility index (Phi) is 2.43. The second-order valence-corrected chi connectivity index (χ2v) is 2.74. The molecule has 0 amide bonds. The van der Waals surface area contributed by atoms with Gasteiger partial charge in [0.25, 0.3) is 6.43 Å². The summed E-state index contributed by atoms with van der Waals surface area (Å²) in [6, 6.07) is 0. The first-order valence-electron chi connectivity index (χ1n) is 2.86. The van der Waals surface area contributed by atoms with Gasteiger partial charge in [0.15, 0.2) is 4.60 Å². The van der Waals surface area contributed by atoms with Crippen molar-refractivity contribution in [2.24, 2.45) is 0 Å². The van der Waals surface area contributed by atoms with Crippen LogP contribution in [0.25, 0.3) is 0 Å². The van der Waals surface area contributed by atoms with Crippen molar-refractivity contribution in [3.8, 4) is 0 Å². The summed E-state index contributed by atoms with van der Waals surface area (Å²) in [4.78, 5) is 0. The number of nitrogens with zero attached hydrogens (tertiary/aromatic N) is 2. The summed E-state index contributed by atoms with van der Waals surface area (Å²) < 4.78 is 25.0. The lowest BCUT2D eigenvalue weighted by atomic mass is 10.6. The molecule has 0 saturated carbocycles. The van der Waals surface area contributed by atoms with Gasteiger partial charge < -0.3 is 5.73 Å². The van der Waals surface area contributed by atoms with Gasteiger partial charge in [-0.3, -0.25) is 4.68 Å². The molecule has 0 radical (unpaired) electrons. The number of hydrogen-bond donors (Lipinski definition) is 1. The summed E-state index contributed by atoms with van der Waals surface area (Å²) in [5.41, 5.74) is 5.71. The number of halogens is 3. The van der Waals surface area contributed by atoms with Crippen LogP contribution in [-0.4, -0.2) is 16.2 Å². The highest BCUT2D eigenvalue weighted by Gasteiger charge is 2.07. The molecule has 0 aliphatic rings. The highest BCUT2D eigenvalue weighted by Crippen LogP contribution is 2.16. The number of anilines is 1. The lowest BCUT2D eigenvalue weighted by Crippen LogP contribution is -2.06. The monoisotopic (exact) mass is 225 g/mol. The van der Waals surface area contributed by atoms with Crippen LogP contribution >= 0.6 is 15.9 Å². The predicted octanol–water partition coefficient (Wildman–Crippen LogP) is 1.49. The van der Waals surface area contributed by atoms with Gasteiger partial charge in [-0.1, -0.05) is 0 Å². The van der Waals surface area contributed by atoms with E-state index in [9.17, 15) is 8.78 Å². The Labute approximate surface area is 70.3 Å². The van der Waals surface area contributed by atoms with E-state index >= 15 is 0 Å². The smallest absolute Gasteiger partial charge is 0.257 e. The van der Waals surface area contributed by atoms with Crippen LogP contribution in [0.1, 0.15) is 0 Å². The molecular weight excluding hydrogens is 220 g/mol. The molecule has 0 spiro atoms. The Morgan fingerprint density at radius 1 is 1.73 bits per heavy atom. The zero-order valence-corrected chi connectivity index (χ0v) is 7.05. The summed E-state index contributed by atoms with van der Waals surface area (Å²) in [6.45, 7) is -0.421. The maximum Gasteiger partial charge on any atom is 0.257 e. The molecule has 0 aliphatic heterocycles. The van der Waals surface area contributed by atoms with Crippen LogP contribution < -0.4 is 5.73 Å². The lowest BCUT2D eigenvalue weighted by molar-refractivity contribution is 0.121. The fourth-order valence-electron chi connectivity index (χ4n) is 0.648. The zero-order valence-electron chi connectivity index (χ0n) is 5.47. The van der Waals surface area contributed by atoms with E-state index in [4.69, 9.17) is 5.73 Å². The summed E-state index contributed by atoms with van der Waals surface area (Å²) >= 11 is 3.00. The molecule has 1 heterocycles. The molecule has 6 heteroatoms. The summed E-state index contributed by atoms with van der Waals surface area (Å²) in [7, 11) is 0. The first-order valence-corrected chi connectivity index (χ1v) is 3.65. The highest BCUT2D eigenvalue weighted by molar-refractivity contribution is 9.10. The van der Waals surface area contributed by atoms with Crippen molar-refractivity contribution in [3.05, 3.63) is 10.8 Å². The highest BCUT2D eigenvalue weighted by atomic mass is 79.9. The minimum absolute atomic E-state index is 0.366. The summed E-state index contributed by atoms with van der Waals surface area (Å²) in [5, 5.41) is 3.68. The topological polar surface area (TPSA) is 43.8 Å². The van der Waals surface area contributed by atoms with Crippen molar-refractivity contribution >= 4 is 21.6 Å². The quantitative estimate of drug-likeness (QED) is 0.830. The third-order valence-electron chi connectivity index (χ3n) is 1.07. The molecule has 2 N–H and O–H groups in total. The van der Waals surface area contributed by atoms with Gasteiger partial charge in [0.1, 0.15) is 6.54 Å². The van der Waals surface area contributed by atoms with E-state index in [1.54, 1.807) is 0 Å². The fourth-order valence-corrected chi connectivity index (χ4v) is 0.954. The van der Waals surface area contributed by atoms with Gasteiger partial charge in [-0.2, -0.15) is 5.10 Å². The molecule has 0 aliphatic carbocycles. The standard InChI is InChI=1S/C5H6BrF2N3/c6-5-3(9)1-11(10-5)2-4(7)8/h1,4H,2,9H2. The van der Waals surface area contributed by atoms with Gasteiger partial charge in [0, 0.05) is 6.20 Å². The summed E-state index contributed by atoms with van der Waals surface area (Å²) in [5.74, 6) is 0. The number of alkyl halides is 2. The van der Waals surface area contributed by atoms with Crippen molar-refractivity contribution in [1.82, 2.24) is 9.78 Å². The van der Waals surface area contributed by atoms with Crippen molar-refractivity contribution in [2.75, 3.05) is 5.73 Å². The van der Waals surface area contributed by atoms with Crippen LogP contribution in [-0.2, 0) is 6.54 Å². The average molecular weight is 226 g/mol. The number of aromatic nitrogens is 2. The number of rotatable bonds is 2. The number of hydrogen-bond acceptors (Lipinski definition) is 2. The Hall–Kier alpha value is -0.650. The van der Waals surface area contributed by atoms with Crippen molar-refractivity contribution < 1.29 is 8.78 Å². The van der Waals surface area contributed by atoms with Crippen LogP contribution in [0.5, 0.6) is 0 Å². The molecule has 0 saturated heterocycles. The van der Waals surface area contributed by atoms with E-state index in [-0.39, 0.29) is 0 Å². The van der Waals surface area contributed by atoms with Crippen molar-refractivity contribution in [2.45, 2.75) is 13.0 Å². The minimum atomic E-state index is -2.40. The Bertz CT molecular complexity index is 228. The van der Waals surface area contributed by atoms with E-state index < -0.39 is 13.0 Å². The van der Waals surface area contributed by atoms with Crippen molar-refractivity contribution in [3.63, 3.8) is 0 Å². The Morgan fingerprint density at radius 2 is 2.36 bits per heavy atom. The molecule has 0 unspecified atom stereocenters. The SMILES string of the molecule is Nc1cn(CC(F)F)nc1Br. The summed E-state index contributed by atoms with van der Waals surface area (Å²) in [6.07, 6.45) is -1.04. The van der Waals surface area contributed by atoms with Gasteiger partial charge in [-0.25, -0.2) is 8.78 Å². The van der Waals surface area contributed by atoms with Crippen molar-refractivity contribution in [1.29, 1.82) is 0 Å². The van der Waals surface area contributed by atoms with Crippen LogP contribution in [0.3, 0.4) is 0 Å². The Balaban J connectivity index is 2.73. The van der Waals surface area contributed by atoms with E-state index in [2.05, 4.69) is 21.0 Å². The van der Waals surface area contributed by atoms with E-state index in [0.717, 1.165) is 4.68 Å². The van der Waals surface area contributed by atoms with Crippen LogP contribution in [0.2, 0.25) is 0 Å². The fraction of sp³-hybridized carbons (Fsp3) is 0.400. The Morgan fingerprint density at radius 3 is 2.73 bits per heavy atom. The maximum absolute atomic E-state index is 11.7. The van der Waals surface area contributed by atoms with Crippen LogP contribution in [0.15, 0.2) is 10.8 Å². The second-order valence-electron chi connectivity index (χ2n) is 1.99. The van der Waals surface area contributed by atoms with Crippen LogP contribution in [0.4, 0.5) is 14.5 Å². The predicted molar refractivity (Wildman–Crippen MR) is 40.3 cm³/mol. The average Bonchev–Trinajstić information content (AvgIpc) is 2.10. The lowest BCUT2D eigenvalue weighted by Gasteiger charge is -1.96. The van der Waals surface area contributed by atoms with Gasteiger partial charge in [0.05, 0.1) is 5.69 Å². The molecule has 1 aromatic heterocycles. The first-order chi connectivity index (χ1) is 5.09. The van der Waals surface area contributed by atoms with E-state index in [0.29, 0.717) is 10.3 Å². The van der Waals surface area contributed by atoms with Crippen LogP contribution in [0, 0.1) is 0 Å². The molecule has 0 aromatic carbocycles. The van der Waals surface area contributed by atoms with Gasteiger partial charge in [-0.05, 0) is 15.9 Å². The molecule has 1 rings (SSSR count). The molecule has 11 heavy (non-hydrogen) atoms. The molecule has 1 aromatic rings. The van der Waals surface area contributed by atoms with Gasteiger partial charge in [-0.15, -0.1) is 0 Å². The maximum atomic E-state index is 11.7. The molecular formula is C5H6BrF2N3. The first kappa shape index (κ1) is 8.45. The third kappa shape index (κ3) is 2.14. The third-order valence-corrected chi connectivity index (χ3v) is 1.68. The number of nitrogens with two attached hydrogens (primary N) is 1. The van der Waals surface area contributed by atoms with E-state index in [1.807, 2.05) is 0 Å². The van der Waals surface area contributed by atoms with E-state index in [1.165, 1.54) is 6.20 Å². The molecule has 0 fully saturated rings. The molecule has 62 valence electrons. The number of nitrogen functional groups attached to an aromatic ring is 1. The molecule has 3 nitrogen and oxygen atoms in total. The van der Waals surface area contributed by atoms with Gasteiger partial charge >= 0.3 is 0 Å². The normalized spacial score (nSPS) is 10.9. The molecule has 0 atom stereocenters. The van der Waals surface area contributed by atoms with Gasteiger partial charge in [0.2, 0.25) is 0 Å². The minimum Gasteiger partial charge on any atom is -0.395 e. The second kappa shape index (κ2) is 3.17.